The van der Waals surface area contributed by atoms with Crippen molar-refractivity contribution in [3.8, 4) is 0 Å². The molecule has 0 radical (unpaired) electrons. The summed E-state index contributed by atoms with van der Waals surface area (Å²) in [6, 6.07) is 0. The number of nitrogens with zero attached hydrogens (tertiary/aromatic N) is 3. The van der Waals surface area contributed by atoms with Crippen molar-refractivity contribution in [2.75, 3.05) is 25.1 Å². The SMILES string of the molecule is CCCCN1CNc2c(ncn2[C@@H]2O[C@H](CO)[C@H]3OC(C)(C)O[C@H]32)C1=O. The van der Waals surface area contributed by atoms with Crippen LogP contribution in [0.5, 0.6) is 0 Å². The van der Waals surface area contributed by atoms with Gasteiger partial charge in [-0.2, -0.15) is 0 Å². The van der Waals surface area contributed by atoms with Gasteiger partial charge in [0.15, 0.2) is 17.7 Å². The van der Waals surface area contributed by atoms with Gasteiger partial charge in [0.05, 0.1) is 19.6 Å². The van der Waals surface area contributed by atoms with Crippen LogP contribution < -0.4 is 5.32 Å². The quantitative estimate of drug-likeness (QED) is 0.799. The topological polar surface area (TPSA) is 98.1 Å². The molecule has 3 aliphatic heterocycles. The van der Waals surface area contributed by atoms with Crippen LogP contribution in [0.3, 0.4) is 0 Å². The molecule has 0 spiro atoms. The van der Waals surface area contributed by atoms with Gasteiger partial charge in [0.25, 0.3) is 5.91 Å². The largest absolute Gasteiger partial charge is 0.394 e. The Labute approximate surface area is 152 Å². The zero-order valence-electron chi connectivity index (χ0n) is 15.3. The lowest BCUT2D eigenvalue weighted by atomic mass is 10.1. The van der Waals surface area contributed by atoms with Crippen LogP contribution in [-0.4, -0.2) is 69.4 Å². The van der Waals surface area contributed by atoms with Crippen LogP contribution in [0.15, 0.2) is 6.33 Å². The summed E-state index contributed by atoms with van der Waals surface area (Å²) in [5.41, 5.74) is 0.387. The third-order valence-electron chi connectivity index (χ3n) is 5.08. The number of aliphatic hydroxyl groups excluding tert-OH is 1. The molecule has 4 atom stereocenters. The van der Waals surface area contributed by atoms with Gasteiger partial charge >= 0.3 is 0 Å². The Balaban J connectivity index is 1.60. The molecule has 0 unspecified atom stereocenters. The molecule has 1 aromatic heterocycles. The fourth-order valence-electron chi connectivity index (χ4n) is 3.84. The van der Waals surface area contributed by atoms with Crippen molar-refractivity contribution in [2.45, 2.75) is 63.9 Å². The van der Waals surface area contributed by atoms with Crippen molar-refractivity contribution in [2.24, 2.45) is 0 Å². The number of amides is 1. The van der Waals surface area contributed by atoms with Crippen molar-refractivity contribution in [1.82, 2.24) is 14.5 Å². The van der Waals surface area contributed by atoms with E-state index in [-0.39, 0.29) is 24.7 Å². The smallest absolute Gasteiger partial charge is 0.277 e. The third-order valence-corrected chi connectivity index (χ3v) is 5.08. The maximum atomic E-state index is 12.7. The number of hydrogen-bond donors (Lipinski definition) is 2. The molecule has 1 aromatic rings. The minimum absolute atomic E-state index is 0.0804. The van der Waals surface area contributed by atoms with Crippen LogP contribution in [-0.2, 0) is 14.2 Å². The number of aromatic nitrogens is 2. The van der Waals surface area contributed by atoms with Crippen LogP contribution >= 0.6 is 0 Å². The Hall–Kier alpha value is -1.68. The summed E-state index contributed by atoms with van der Waals surface area (Å²) in [5, 5.41) is 12.9. The summed E-state index contributed by atoms with van der Waals surface area (Å²) in [6.45, 7) is 6.76. The van der Waals surface area contributed by atoms with Crippen LogP contribution in [0.1, 0.15) is 50.3 Å². The highest BCUT2D eigenvalue weighted by atomic mass is 16.8. The van der Waals surface area contributed by atoms with Crippen molar-refractivity contribution in [1.29, 1.82) is 0 Å². The number of carbonyl (C=O) groups excluding carboxylic acids is 1. The molecule has 1 amide bonds. The van der Waals surface area contributed by atoms with Crippen molar-refractivity contribution in [3.63, 3.8) is 0 Å². The number of anilines is 1. The van der Waals surface area contributed by atoms with Gasteiger partial charge < -0.3 is 29.5 Å². The Morgan fingerprint density at radius 3 is 2.88 bits per heavy atom. The number of nitrogens with one attached hydrogen (secondary N) is 1. The molecule has 2 fully saturated rings. The Morgan fingerprint density at radius 2 is 2.15 bits per heavy atom. The maximum Gasteiger partial charge on any atom is 0.277 e. The predicted octanol–water partition coefficient (Wildman–Crippen LogP) is 0.918. The van der Waals surface area contributed by atoms with Gasteiger partial charge in [0.1, 0.15) is 24.1 Å². The zero-order chi connectivity index (χ0) is 18.5. The minimum Gasteiger partial charge on any atom is -0.394 e. The van der Waals surface area contributed by atoms with E-state index in [0.29, 0.717) is 24.7 Å². The normalized spacial score (nSPS) is 32.5. The number of aliphatic hydroxyl groups is 1. The molecule has 0 aromatic carbocycles. The van der Waals surface area contributed by atoms with E-state index in [2.05, 4.69) is 17.2 Å². The van der Waals surface area contributed by atoms with Crippen LogP contribution in [0.2, 0.25) is 0 Å². The maximum absolute atomic E-state index is 12.7. The van der Waals surface area contributed by atoms with Crippen molar-refractivity contribution < 1.29 is 24.1 Å². The average molecular weight is 366 g/mol. The molecule has 26 heavy (non-hydrogen) atoms. The molecule has 0 aliphatic carbocycles. The lowest BCUT2D eigenvalue weighted by molar-refractivity contribution is -0.199. The number of imidazole rings is 1. The van der Waals surface area contributed by atoms with Crippen LogP contribution in [0, 0.1) is 0 Å². The number of rotatable bonds is 5. The fraction of sp³-hybridized carbons (Fsp3) is 0.765. The van der Waals surface area contributed by atoms with E-state index >= 15 is 0 Å². The number of fused-ring (bicyclic) bond motifs is 2. The Kier molecular flexibility index (Phi) is 4.42. The second kappa shape index (κ2) is 6.49. The van der Waals surface area contributed by atoms with E-state index in [4.69, 9.17) is 14.2 Å². The molecular formula is C17H26N4O5. The Bertz CT molecular complexity index is 691. The van der Waals surface area contributed by atoms with E-state index in [1.54, 1.807) is 15.8 Å². The first-order valence-corrected chi connectivity index (χ1v) is 9.17. The predicted molar refractivity (Wildman–Crippen MR) is 91.5 cm³/mol. The number of unbranched alkanes of at least 4 members (excludes halogenated alkanes) is 1. The van der Waals surface area contributed by atoms with Gasteiger partial charge in [-0.1, -0.05) is 13.3 Å². The highest BCUT2D eigenvalue weighted by Crippen LogP contribution is 2.44. The standard InChI is InChI=1S/C17H26N4O5/c1-4-5-6-20-8-19-14-11(15(20)23)18-9-21(14)16-13-12(10(7-22)24-16)25-17(2,3)26-13/h9-10,12-13,16,19,22H,4-8H2,1-3H3/t10-,12-,13-,16-/m1/s1. The molecule has 2 saturated heterocycles. The van der Waals surface area contributed by atoms with Gasteiger partial charge in [-0.25, -0.2) is 4.98 Å². The molecule has 144 valence electrons. The first kappa shape index (κ1) is 17.7. The van der Waals surface area contributed by atoms with E-state index in [1.165, 1.54) is 0 Å². The molecule has 9 nitrogen and oxygen atoms in total. The van der Waals surface area contributed by atoms with Gasteiger partial charge in [-0.05, 0) is 20.3 Å². The number of carbonyl (C=O) groups is 1. The van der Waals surface area contributed by atoms with E-state index < -0.39 is 18.1 Å². The summed E-state index contributed by atoms with van der Waals surface area (Å²) in [7, 11) is 0. The highest BCUT2D eigenvalue weighted by Gasteiger charge is 2.56. The lowest BCUT2D eigenvalue weighted by Crippen LogP contribution is -2.41. The third kappa shape index (κ3) is 2.79. The van der Waals surface area contributed by atoms with E-state index in [0.717, 1.165) is 12.8 Å². The fourth-order valence-corrected chi connectivity index (χ4v) is 3.84. The molecule has 4 heterocycles. The van der Waals surface area contributed by atoms with Gasteiger partial charge in [0, 0.05) is 6.54 Å². The molecule has 9 heteroatoms. The van der Waals surface area contributed by atoms with Crippen LogP contribution in [0.25, 0.3) is 0 Å². The van der Waals surface area contributed by atoms with Gasteiger partial charge in [0.2, 0.25) is 0 Å². The Morgan fingerprint density at radius 1 is 1.38 bits per heavy atom. The second-order valence-corrected chi connectivity index (χ2v) is 7.42. The number of hydrogen-bond acceptors (Lipinski definition) is 7. The van der Waals surface area contributed by atoms with Crippen molar-refractivity contribution in [3.05, 3.63) is 12.0 Å². The van der Waals surface area contributed by atoms with Gasteiger partial charge in [-0.3, -0.25) is 9.36 Å². The van der Waals surface area contributed by atoms with E-state index in [9.17, 15) is 9.90 Å². The number of ether oxygens (including phenoxy) is 3. The molecular weight excluding hydrogens is 340 g/mol. The van der Waals surface area contributed by atoms with Crippen LogP contribution in [0.4, 0.5) is 5.82 Å². The second-order valence-electron chi connectivity index (χ2n) is 7.42. The monoisotopic (exact) mass is 366 g/mol. The summed E-state index contributed by atoms with van der Waals surface area (Å²) in [6.07, 6.45) is 1.84. The van der Waals surface area contributed by atoms with E-state index in [1.807, 2.05) is 13.8 Å². The molecule has 0 saturated carbocycles. The molecule has 3 aliphatic rings. The zero-order valence-corrected chi connectivity index (χ0v) is 15.3. The van der Waals surface area contributed by atoms with Crippen molar-refractivity contribution >= 4 is 11.7 Å². The summed E-state index contributed by atoms with van der Waals surface area (Å²) >= 11 is 0. The first-order valence-electron chi connectivity index (χ1n) is 9.17. The summed E-state index contributed by atoms with van der Waals surface area (Å²) in [5.74, 6) is -0.201. The minimum atomic E-state index is -0.744. The molecule has 0 bridgehead atoms. The first-order chi connectivity index (χ1) is 12.4. The molecule has 4 rings (SSSR count). The highest BCUT2D eigenvalue weighted by molar-refractivity contribution is 5.98. The summed E-state index contributed by atoms with van der Waals surface area (Å²) in [4.78, 5) is 18.7. The van der Waals surface area contributed by atoms with Gasteiger partial charge in [-0.15, -0.1) is 0 Å². The lowest BCUT2D eigenvalue weighted by Gasteiger charge is -2.30. The summed E-state index contributed by atoms with van der Waals surface area (Å²) < 4.78 is 19.6. The average Bonchev–Trinajstić information content (AvgIpc) is 3.25. The molecule has 2 N–H and O–H groups in total.